The molecule has 0 heterocycles. The molecule has 1 rings (SSSR count). The summed E-state index contributed by atoms with van der Waals surface area (Å²) < 4.78 is 9.79. The van der Waals surface area contributed by atoms with E-state index in [1.807, 2.05) is 30.3 Å². The maximum atomic E-state index is 11.5. The molecule has 0 aliphatic carbocycles. The molecule has 23 heavy (non-hydrogen) atoms. The minimum atomic E-state index is -0.594. The largest absolute Gasteiger partial charge is 0.465 e. The van der Waals surface area contributed by atoms with Gasteiger partial charge in [0.2, 0.25) is 0 Å². The predicted molar refractivity (Wildman–Crippen MR) is 80.9 cm³/mol. The molecule has 0 saturated carbocycles. The molecule has 0 unspecified atom stereocenters. The predicted octanol–water partition coefficient (Wildman–Crippen LogP) is 1.79. The fourth-order valence-electron chi connectivity index (χ4n) is 1.64. The summed E-state index contributed by atoms with van der Waals surface area (Å²) in [6.45, 7) is 0.110. The Morgan fingerprint density at radius 2 is 1.70 bits per heavy atom. The van der Waals surface area contributed by atoms with Crippen molar-refractivity contribution in [3.8, 4) is 0 Å². The van der Waals surface area contributed by atoms with Gasteiger partial charge in [0.1, 0.15) is 18.3 Å². The molecular formula is C17H18O6. The Labute approximate surface area is 134 Å². The van der Waals surface area contributed by atoms with Gasteiger partial charge in [-0.1, -0.05) is 30.3 Å². The van der Waals surface area contributed by atoms with Crippen LogP contribution in [0, 0.1) is 0 Å². The van der Waals surface area contributed by atoms with Crippen molar-refractivity contribution < 1.29 is 28.7 Å². The highest BCUT2D eigenvalue weighted by atomic mass is 16.5. The van der Waals surface area contributed by atoms with E-state index in [4.69, 9.17) is 9.47 Å². The third kappa shape index (κ3) is 9.01. The van der Waals surface area contributed by atoms with Gasteiger partial charge in [0, 0.05) is 18.9 Å². The average Bonchev–Trinajstić information content (AvgIpc) is 2.57. The summed E-state index contributed by atoms with van der Waals surface area (Å²) in [6.07, 6.45) is 0.909. The zero-order valence-electron chi connectivity index (χ0n) is 12.7. The number of rotatable bonds is 10. The van der Waals surface area contributed by atoms with E-state index in [0.717, 1.165) is 11.6 Å². The molecule has 0 atom stereocenters. The van der Waals surface area contributed by atoms with E-state index in [1.54, 1.807) is 0 Å². The van der Waals surface area contributed by atoms with Gasteiger partial charge in [-0.25, -0.2) is 4.79 Å². The molecule has 0 radical (unpaired) electrons. The summed E-state index contributed by atoms with van der Waals surface area (Å²) in [4.78, 5) is 44.0. The van der Waals surface area contributed by atoms with Crippen LogP contribution in [0.3, 0.4) is 0 Å². The zero-order valence-corrected chi connectivity index (χ0v) is 12.7. The van der Waals surface area contributed by atoms with Crippen LogP contribution >= 0.6 is 0 Å². The molecule has 0 aliphatic heterocycles. The van der Waals surface area contributed by atoms with E-state index in [-0.39, 0.29) is 44.7 Å². The van der Waals surface area contributed by atoms with Crippen LogP contribution in [-0.2, 0) is 35.3 Å². The van der Waals surface area contributed by atoms with Crippen LogP contribution in [0.1, 0.15) is 31.2 Å². The van der Waals surface area contributed by atoms with Gasteiger partial charge in [0.15, 0.2) is 0 Å². The van der Waals surface area contributed by atoms with E-state index in [1.165, 1.54) is 5.94 Å². The van der Waals surface area contributed by atoms with Crippen LogP contribution in [0.25, 0.3) is 0 Å². The first kappa shape index (κ1) is 18.3. The second-order valence-corrected chi connectivity index (χ2v) is 4.68. The number of Topliss-reactive ketones (excluding diaryl/α,β-unsaturated/α-hetero) is 1. The summed E-state index contributed by atoms with van der Waals surface area (Å²) in [5.41, 5.74) is 0.878. The summed E-state index contributed by atoms with van der Waals surface area (Å²) in [7, 11) is 0. The standard InChI is InChI=1S/C17H18O6/c18-11-4-7-16(20)22-12-10-15(19)8-9-17(21)23-13-14-5-2-1-3-6-14/h1-6H,7-10,12-13H2. The molecule has 0 fully saturated rings. The van der Waals surface area contributed by atoms with Crippen LogP contribution in [0.4, 0.5) is 0 Å². The Kier molecular flexibility index (Phi) is 8.71. The highest BCUT2D eigenvalue weighted by Crippen LogP contribution is 2.04. The fourth-order valence-corrected chi connectivity index (χ4v) is 1.64. The minimum absolute atomic E-state index is 0.00646. The lowest BCUT2D eigenvalue weighted by molar-refractivity contribution is -0.147. The van der Waals surface area contributed by atoms with E-state index >= 15 is 0 Å². The topological polar surface area (TPSA) is 86.7 Å². The summed E-state index contributed by atoms with van der Waals surface area (Å²) in [6, 6.07) is 9.24. The van der Waals surface area contributed by atoms with Gasteiger partial charge >= 0.3 is 11.9 Å². The number of carbonyl (C=O) groups is 3. The van der Waals surface area contributed by atoms with Crippen LogP contribution in [0.5, 0.6) is 0 Å². The Balaban J connectivity index is 2.11. The van der Waals surface area contributed by atoms with Crippen LogP contribution in [0.15, 0.2) is 36.4 Å². The van der Waals surface area contributed by atoms with Gasteiger partial charge in [-0.15, -0.1) is 0 Å². The highest BCUT2D eigenvalue weighted by Gasteiger charge is 2.09. The smallest absolute Gasteiger partial charge is 0.310 e. The van der Waals surface area contributed by atoms with Crippen molar-refractivity contribution in [1.82, 2.24) is 0 Å². The normalized spacial score (nSPS) is 9.57. The summed E-state index contributed by atoms with van der Waals surface area (Å²) in [5, 5.41) is 0. The molecule has 6 heteroatoms. The number of ether oxygens (including phenoxy) is 2. The van der Waals surface area contributed by atoms with Crippen molar-refractivity contribution >= 4 is 23.7 Å². The molecule has 122 valence electrons. The maximum Gasteiger partial charge on any atom is 0.310 e. The number of esters is 2. The van der Waals surface area contributed by atoms with E-state index < -0.39 is 11.9 Å². The number of ketones is 1. The first-order valence-electron chi connectivity index (χ1n) is 7.18. The SMILES string of the molecule is O=C=CCC(=O)OCCC(=O)CCC(=O)OCc1ccccc1. The Hall–Kier alpha value is -2.72. The summed E-state index contributed by atoms with van der Waals surface area (Å²) in [5.74, 6) is 0.223. The van der Waals surface area contributed by atoms with Gasteiger partial charge in [-0.05, 0) is 5.56 Å². The minimum Gasteiger partial charge on any atom is -0.465 e. The number of benzene rings is 1. The van der Waals surface area contributed by atoms with Gasteiger partial charge in [-0.3, -0.25) is 14.4 Å². The van der Waals surface area contributed by atoms with E-state index in [9.17, 15) is 19.2 Å². The van der Waals surface area contributed by atoms with Crippen molar-refractivity contribution in [3.63, 3.8) is 0 Å². The molecule has 0 amide bonds. The van der Waals surface area contributed by atoms with Crippen molar-refractivity contribution in [1.29, 1.82) is 0 Å². The van der Waals surface area contributed by atoms with Crippen LogP contribution < -0.4 is 0 Å². The molecule has 0 spiro atoms. The second kappa shape index (κ2) is 10.9. The quantitative estimate of drug-likeness (QED) is 0.483. The maximum absolute atomic E-state index is 11.5. The molecule has 0 aromatic heterocycles. The first-order valence-corrected chi connectivity index (χ1v) is 7.18. The fraction of sp³-hybridized carbons (Fsp3) is 0.353. The zero-order chi connectivity index (χ0) is 16.9. The number of hydrogen-bond donors (Lipinski definition) is 0. The third-order valence-corrected chi connectivity index (χ3v) is 2.85. The summed E-state index contributed by atoms with van der Waals surface area (Å²) >= 11 is 0. The Bertz CT molecular complexity index is 572. The Morgan fingerprint density at radius 3 is 2.39 bits per heavy atom. The van der Waals surface area contributed by atoms with Crippen LogP contribution in [0.2, 0.25) is 0 Å². The lowest BCUT2D eigenvalue weighted by Crippen LogP contribution is -2.11. The van der Waals surface area contributed by atoms with Crippen LogP contribution in [-0.4, -0.2) is 30.3 Å². The van der Waals surface area contributed by atoms with Crippen molar-refractivity contribution in [2.45, 2.75) is 32.3 Å². The van der Waals surface area contributed by atoms with E-state index in [0.29, 0.717) is 0 Å². The number of carbonyl (C=O) groups excluding carboxylic acids is 4. The van der Waals surface area contributed by atoms with E-state index in [2.05, 4.69) is 0 Å². The highest BCUT2D eigenvalue weighted by molar-refractivity contribution is 5.83. The van der Waals surface area contributed by atoms with Gasteiger partial charge in [0.25, 0.3) is 0 Å². The molecule has 1 aromatic rings. The first-order chi connectivity index (χ1) is 11.1. The molecule has 6 nitrogen and oxygen atoms in total. The molecule has 1 aromatic carbocycles. The van der Waals surface area contributed by atoms with Gasteiger partial charge < -0.3 is 9.47 Å². The van der Waals surface area contributed by atoms with Crippen molar-refractivity contribution in [2.75, 3.05) is 6.61 Å². The third-order valence-electron chi connectivity index (χ3n) is 2.85. The monoisotopic (exact) mass is 318 g/mol. The molecule has 0 bridgehead atoms. The molecular weight excluding hydrogens is 300 g/mol. The average molecular weight is 318 g/mol. The lowest BCUT2D eigenvalue weighted by atomic mass is 10.2. The molecule has 0 aliphatic rings. The van der Waals surface area contributed by atoms with Crippen molar-refractivity contribution in [2.24, 2.45) is 0 Å². The van der Waals surface area contributed by atoms with Gasteiger partial charge in [0.05, 0.1) is 19.4 Å². The lowest BCUT2D eigenvalue weighted by Gasteiger charge is -2.05. The van der Waals surface area contributed by atoms with Gasteiger partial charge in [-0.2, -0.15) is 0 Å². The second-order valence-electron chi connectivity index (χ2n) is 4.68. The molecule has 0 N–H and O–H groups in total. The molecule has 0 saturated heterocycles. The number of hydrogen-bond acceptors (Lipinski definition) is 6. The van der Waals surface area contributed by atoms with Crippen molar-refractivity contribution in [3.05, 3.63) is 42.0 Å². The Morgan fingerprint density at radius 1 is 0.957 bits per heavy atom.